The van der Waals surface area contributed by atoms with Gasteiger partial charge in [0.05, 0.1) is 23.1 Å². The molecule has 2 heterocycles. The van der Waals surface area contributed by atoms with Gasteiger partial charge in [-0.15, -0.1) is 0 Å². The molecular formula is C34H29FN2O3. The first-order chi connectivity index (χ1) is 19.7. The maximum Gasteiger partial charge on any atom is 0.147 e. The Balaban J connectivity index is 1.68. The molecule has 0 aliphatic carbocycles. The topological polar surface area (TPSA) is 67.4 Å². The lowest BCUT2D eigenvalue weighted by Gasteiger charge is -2.26. The van der Waals surface area contributed by atoms with Crippen molar-refractivity contribution in [1.82, 2.24) is 4.57 Å². The molecule has 0 spiro atoms. The largest absolute Gasteiger partial charge is 0.487 e. The Morgan fingerprint density at radius 1 is 0.900 bits per heavy atom. The Morgan fingerprint density at radius 2 is 1.62 bits per heavy atom. The van der Waals surface area contributed by atoms with Gasteiger partial charge in [-0.05, 0) is 65.9 Å². The number of hydrogen-bond donors (Lipinski definition) is 1. The first-order valence-corrected chi connectivity index (χ1v) is 13.5. The summed E-state index contributed by atoms with van der Waals surface area (Å²) in [4.78, 5) is 0. The van der Waals surface area contributed by atoms with Crippen LogP contribution in [0.2, 0.25) is 0 Å². The van der Waals surface area contributed by atoms with Crippen LogP contribution in [-0.2, 0) is 18.0 Å². The lowest BCUT2D eigenvalue weighted by molar-refractivity contribution is 0.0843. The van der Waals surface area contributed by atoms with Gasteiger partial charge >= 0.3 is 0 Å². The molecule has 5 nitrogen and oxygen atoms in total. The fourth-order valence-corrected chi connectivity index (χ4v) is 5.63. The summed E-state index contributed by atoms with van der Waals surface area (Å²) in [6.07, 6.45) is 1.68. The molecular weight excluding hydrogens is 503 g/mol. The van der Waals surface area contributed by atoms with Crippen LogP contribution in [0.3, 0.4) is 0 Å². The number of nitrogens with zero attached hydrogens (tertiary/aromatic N) is 2. The molecule has 1 aromatic heterocycles. The van der Waals surface area contributed by atoms with Gasteiger partial charge in [0.1, 0.15) is 24.2 Å². The van der Waals surface area contributed by atoms with Crippen molar-refractivity contribution in [1.29, 1.82) is 5.26 Å². The Kier molecular flexibility index (Phi) is 7.33. The van der Waals surface area contributed by atoms with Crippen LogP contribution < -0.4 is 4.74 Å². The van der Waals surface area contributed by atoms with E-state index >= 15 is 0 Å². The van der Waals surface area contributed by atoms with Gasteiger partial charge in [-0.2, -0.15) is 5.26 Å². The molecule has 200 valence electrons. The smallest absolute Gasteiger partial charge is 0.147 e. The standard InChI is InChI=1S/C34H29FN2O3/c35-28-11-13-29(14-12-28)37-30-15-10-27(20-36)34(40-22-24-4-2-1-3-5-24)32(30)31(25-8-6-23(21-38)7-9-25)33(37)26-16-18-39-19-17-26/h1-15,26,38H,16-19,21-22H2. The highest BCUT2D eigenvalue weighted by Crippen LogP contribution is 2.47. The molecule has 1 aliphatic heterocycles. The molecule has 0 atom stereocenters. The molecule has 0 unspecified atom stereocenters. The predicted octanol–water partition coefficient (Wildman–Crippen LogP) is 7.27. The number of hydrogen-bond acceptors (Lipinski definition) is 4. The van der Waals surface area contributed by atoms with E-state index in [-0.39, 0.29) is 18.3 Å². The number of aromatic nitrogens is 1. The summed E-state index contributed by atoms with van der Waals surface area (Å²) in [6, 6.07) is 30.4. The quantitative estimate of drug-likeness (QED) is 0.239. The van der Waals surface area contributed by atoms with Gasteiger partial charge in [0.15, 0.2) is 0 Å². The summed E-state index contributed by atoms with van der Waals surface area (Å²) in [5.74, 6) is 0.400. The monoisotopic (exact) mass is 532 g/mol. The number of ether oxygens (including phenoxy) is 2. The van der Waals surface area contributed by atoms with Gasteiger partial charge < -0.3 is 19.1 Å². The van der Waals surface area contributed by atoms with Gasteiger partial charge in [0.25, 0.3) is 0 Å². The summed E-state index contributed by atoms with van der Waals surface area (Å²) in [5.41, 5.74) is 7.02. The number of rotatable bonds is 7. The highest BCUT2D eigenvalue weighted by molar-refractivity contribution is 6.04. The molecule has 5 aromatic rings. The van der Waals surface area contributed by atoms with Crippen molar-refractivity contribution >= 4 is 10.9 Å². The fraction of sp³-hybridized carbons (Fsp3) is 0.206. The predicted molar refractivity (Wildman–Crippen MR) is 153 cm³/mol. The number of aliphatic hydroxyl groups is 1. The molecule has 6 rings (SSSR count). The lowest BCUT2D eigenvalue weighted by atomic mass is 9.89. The van der Waals surface area contributed by atoms with Crippen molar-refractivity contribution in [2.45, 2.75) is 32.0 Å². The zero-order valence-corrected chi connectivity index (χ0v) is 22.0. The van der Waals surface area contributed by atoms with E-state index in [1.807, 2.05) is 60.7 Å². The molecule has 1 aliphatic rings. The molecule has 6 heteroatoms. The van der Waals surface area contributed by atoms with E-state index in [0.717, 1.165) is 57.4 Å². The van der Waals surface area contributed by atoms with Gasteiger partial charge in [0.2, 0.25) is 0 Å². The molecule has 40 heavy (non-hydrogen) atoms. The number of aliphatic hydroxyl groups excluding tert-OH is 1. The zero-order valence-electron chi connectivity index (χ0n) is 22.0. The van der Waals surface area contributed by atoms with Gasteiger partial charge in [-0.1, -0.05) is 54.6 Å². The second kappa shape index (κ2) is 11.4. The third-order valence-electron chi connectivity index (χ3n) is 7.59. The highest BCUT2D eigenvalue weighted by atomic mass is 19.1. The zero-order chi connectivity index (χ0) is 27.5. The van der Waals surface area contributed by atoms with Crippen LogP contribution in [0.1, 0.15) is 41.1 Å². The molecule has 0 amide bonds. The molecule has 0 radical (unpaired) electrons. The Bertz CT molecular complexity index is 1660. The number of nitriles is 1. The van der Waals surface area contributed by atoms with Crippen LogP contribution >= 0.6 is 0 Å². The van der Waals surface area contributed by atoms with Crippen molar-refractivity contribution in [2.75, 3.05) is 13.2 Å². The summed E-state index contributed by atoms with van der Waals surface area (Å²) in [7, 11) is 0. The Labute approximate surface area is 232 Å². The van der Waals surface area contributed by atoms with Crippen LogP contribution in [0.4, 0.5) is 4.39 Å². The maximum atomic E-state index is 14.0. The normalized spacial score (nSPS) is 13.8. The molecule has 4 aromatic carbocycles. The van der Waals surface area contributed by atoms with Crippen LogP contribution in [0.5, 0.6) is 5.75 Å². The molecule has 0 saturated carbocycles. The van der Waals surface area contributed by atoms with E-state index in [4.69, 9.17) is 9.47 Å². The first-order valence-electron chi connectivity index (χ1n) is 13.5. The molecule has 1 fully saturated rings. The second-order valence-electron chi connectivity index (χ2n) is 10.0. The van der Waals surface area contributed by atoms with E-state index in [1.54, 1.807) is 18.2 Å². The third kappa shape index (κ3) is 4.86. The molecule has 1 saturated heterocycles. The van der Waals surface area contributed by atoms with E-state index in [0.29, 0.717) is 31.1 Å². The van der Waals surface area contributed by atoms with Crippen molar-refractivity contribution in [3.8, 4) is 28.6 Å². The van der Waals surface area contributed by atoms with Gasteiger partial charge in [-0.3, -0.25) is 0 Å². The SMILES string of the molecule is N#Cc1ccc2c(c1OCc1ccccc1)c(-c1ccc(CO)cc1)c(C1CCOCC1)n2-c1ccc(F)cc1. The maximum absolute atomic E-state index is 14.0. The molecule has 0 bridgehead atoms. The van der Waals surface area contributed by atoms with E-state index in [9.17, 15) is 14.8 Å². The van der Waals surface area contributed by atoms with Gasteiger partial charge in [-0.25, -0.2) is 4.39 Å². The van der Waals surface area contributed by atoms with Crippen molar-refractivity contribution in [2.24, 2.45) is 0 Å². The van der Waals surface area contributed by atoms with Crippen LogP contribution in [-0.4, -0.2) is 22.9 Å². The minimum absolute atomic E-state index is 0.0472. The summed E-state index contributed by atoms with van der Waals surface area (Å²) >= 11 is 0. The summed E-state index contributed by atoms with van der Waals surface area (Å²) < 4.78 is 28.4. The molecule has 1 N–H and O–H groups in total. The number of fused-ring (bicyclic) bond motifs is 1. The highest BCUT2D eigenvalue weighted by Gasteiger charge is 2.30. The van der Waals surface area contributed by atoms with E-state index < -0.39 is 0 Å². The third-order valence-corrected chi connectivity index (χ3v) is 7.59. The second-order valence-corrected chi connectivity index (χ2v) is 10.0. The fourth-order valence-electron chi connectivity index (χ4n) is 5.63. The Morgan fingerprint density at radius 3 is 2.30 bits per heavy atom. The van der Waals surface area contributed by atoms with Crippen molar-refractivity contribution in [3.05, 3.63) is 119 Å². The van der Waals surface area contributed by atoms with Crippen LogP contribution in [0.25, 0.3) is 27.7 Å². The number of benzene rings is 4. The van der Waals surface area contributed by atoms with Crippen LogP contribution in [0, 0.1) is 17.1 Å². The summed E-state index contributed by atoms with van der Waals surface area (Å²) in [5, 5.41) is 20.7. The Hall–Kier alpha value is -4.44. The average molecular weight is 533 g/mol. The minimum Gasteiger partial charge on any atom is -0.487 e. The average Bonchev–Trinajstić information content (AvgIpc) is 3.36. The van der Waals surface area contributed by atoms with E-state index in [1.165, 1.54) is 12.1 Å². The van der Waals surface area contributed by atoms with Gasteiger partial charge in [0, 0.05) is 36.1 Å². The first kappa shape index (κ1) is 25.8. The van der Waals surface area contributed by atoms with Crippen LogP contribution in [0.15, 0.2) is 91.0 Å². The number of halogens is 1. The summed E-state index contributed by atoms with van der Waals surface area (Å²) in [6.45, 7) is 1.57. The minimum atomic E-state index is -0.300. The lowest BCUT2D eigenvalue weighted by Crippen LogP contribution is -2.17. The van der Waals surface area contributed by atoms with Crippen molar-refractivity contribution < 1.29 is 19.0 Å². The van der Waals surface area contributed by atoms with E-state index in [2.05, 4.69) is 10.6 Å². The van der Waals surface area contributed by atoms with Crippen molar-refractivity contribution in [3.63, 3.8) is 0 Å².